The van der Waals surface area contributed by atoms with Crippen LogP contribution in [0, 0.1) is 34.5 Å². The van der Waals surface area contributed by atoms with Crippen LogP contribution in [0.25, 0.3) is 0 Å². The van der Waals surface area contributed by atoms with Crippen molar-refractivity contribution in [2.45, 2.75) is 145 Å². The number of hydrogen-bond acceptors (Lipinski definition) is 14. The van der Waals surface area contributed by atoms with Gasteiger partial charge in [-0.2, -0.15) is 0 Å². The van der Waals surface area contributed by atoms with E-state index >= 15 is 0 Å². The van der Waals surface area contributed by atoms with Gasteiger partial charge in [0.1, 0.15) is 55.4 Å². The maximum absolute atomic E-state index is 12.5. The molecule has 4 saturated carbocycles. The van der Waals surface area contributed by atoms with E-state index in [1.807, 2.05) is 0 Å². The Hall–Kier alpha value is -1.27. The number of aliphatic hydroxyl groups is 8. The highest BCUT2D eigenvalue weighted by Crippen LogP contribution is 2.70. The van der Waals surface area contributed by atoms with Crippen LogP contribution in [0.2, 0.25) is 0 Å². The van der Waals surface area contributed by atoms with Crippen molar-refractivity contribution >= 4 is 5.97 Å². The molecule has 6 fully saturated rings. The van der Waals surface area contributed by atoms with Gasteiger partial charge >= 0.3 is 5.97 Å². The van der Waals surface area contributed by atoms with Crippen LogP contribution in [0.15, 0.2) is 11.6 Å². The van der Waals surface area contributed by atoms with Crippen molar-refractivity contribution < 1.29 is 69.3 Å². The van der Waals surface area contributed by atoms with Gasteiger partial charge in [0.05, 0.1) is 24.9 Å². The smallest absolute Gasteiger partial charge is 0.331 e. The summed E-state index contributed by atoms with van der Waals surface area (Å²) >= 11 is 0. The average Bonchev–Trinajstić information content (AvgIpc) is 3.63. The van der Waals surface area contributed by atoms with Gasteiger partial charge in [-0.05, 0) is 92.4 Å². The highest BCUT2D eigenvalue weighted by molar-refractivity contribution is 5.85. The first-order chi connectivity index (χ1) is 23.3. The van der Waals surface area contributed by atoms with Crippen molar-refractivity contribution in [3.8, 4) is 0 Å². The van der Waals surface area contributed by atoms with Crippen LogP contribution >= 0.6 is 0 Å². The molecular weight excluding hydrogens is 644 g/mol. The second kappa shape index (κ2) is 13.3. The van der Waals surface area contributed by atoms with Crippen LogP contribution in [0.3, 0.4) is 0 Å². The summed E-state index contributed by atoms with van der Waals surface area (Å²) in [6, 6.07) is 0. The third kappa shape index (κ3) is 5.73. The first kappa shape index (κ1) is 36.1. The van der Waals surface area contributed by atoms with E-state index in [9.17, 15) is 45.6 Å². The molecule has 4 aliphatic carbocycles. The van der Waals surface area contributed by atoms with Crippen LogP contribution < -0.4 is 0 Å². The molecule has 0 amide bonds. The first-order valence-corrected chi connectivity index (χ1v) is 18.1. The van der Waals surface area contributed by atoms with E-state index in [1.54, 1.807) is 6.08 Å². The third-order valence-electron chi connectivity index (χ3n) is 14.2. The lowest BCUT2D eigenvalue weighted by atomic mass is 9.43. The minimum atomic E-state index is -1.74. The number of carbonyl (C=O) groups is 1. The van der Waals surface area contributed by atoms with E-state index in [2.05, 4.69) is 13.8 Å². The van der Waals surface area contributed by atoms with Crippen molar-refractivity contribution in [1.82, 2.24) is 0 Å². The maximum Gasteiger partial charge on any atom is 0.331 e. The molecule has 18 atom stereocenters. The standard InChI is InChI=1S/C35H54O14/c1-33-8-5-18(46-31-29(43)27(41)30(23(14-37)48-31)49-32-28(42)26(40)25(39)22(13-36)47-32)12-17(33)3-4-21-20(33)6-9-34(2)19(7-10-35(21,34)44)16-11-24(38)45-15-16/h11,17-23,25-32,36-37,39-44H,3-10,12-15H2,1-2H3. The van der Waals surface area contributed by atoms with Crippen LogP contribution in [0.5, 0.6) is 0 Å². The Morgan fingerprint density at radius 3 is 2.16 bits per heavy atom. The van der Waals surface area contributed by atoms with Gasteiger partial charge < -0.3 is 64.5 Å². The molecule has 49 heavy (non-hydrogen) atoms. The number of carbonyl (C=O) groups excluding carboxylic acids is 1. The fraction of sp³-hybridized carbons (Fsp3) is 0.914. The average molecular weight is 699 g/mol. The summed E-state index contributed by atoms with van der Waals surface area (Å²) < 4.78 is 28.6. The summed E-state index contributed by atoms with van der Waals surface area (Å²) in [6.07, 6.45) is -5.96. The highest BCUT2D eigenvalue weighted by Gasteiger charge is 2.68. The van der Waals surface area contributed by atoms with E-state index in [0.29, 0.717) is 24.9 Å². The zero-order valence-electron chi connectivity index (χ0n) is 28.3. The summed E-state index contributed by atoms with van der Waals surface area (Å²) in [4.78, 5) is 11.9. The topological polar surface area (TPSA) is 225 Å². The van der Waals surface area contributed by atoms with E-state index in [1.165, 1.54) is 0 Å². The van der Waals surface area contributed by atoms with Crippen LogP contribution in [-0.2, 0) is 28.5 Å². The molecule has 7 aliphatic rings. The molecule has 0 bridgehead atoms. The Kier molecular flexibility index (Phi) is 9.80. The molecule has 0 aromatic rings. The number of fused-ring (bicyclic) bond motifs is 5. The Morgan fingerprint density at radius 1 is 0.776 bits per heavy atom. The van der Waals surface area contributed by atoms with Crippen LogP contribution in [0.1, 0.15) is 71.6 Å². The Balaban J connectivity index is 0.990. The quantitative estimate of drug-likeness (QED) is 0.121. The van der Waals surface area contributed by atoms with Gasteiger partial charge in [-0.3, -0.25) is 0 Å². The maximum atomic E-state index is 12.5. The summed E-state index contributed by atoms with van der Waals surface area (Å²) in [6.45, 7) is 3.60. The molecule has 8 N–H and O–H groups in total. The second-order valence-corrected chi connectivity index (χ2v) is 16.3. The Morgan fingerprint density at radius 2 is 1.47 bits per heavy atom. The molecule has 278 valence electrons. The molecule has 2 saturated heterocycles. The Bertz CT molecular complexity index is 1260. The van der Waals surface area contributed by atoms with Crippen molar-refractivity contribution in [2.75, 3.05) is 19.8 Å². The molecule has 14 nitrogen and oxygen atoms in total. The number of hydrogen-bond donors (Lipinski definition) is 8. The van der Waals surface area contributed by atoms with Gasteiger partial charge in [0.2, 0.25) is 0 Å². The lowest BCUT2D eigenvalue weighted by molar-refractivity contribution is -0.364. The fourth-order valence-corrected chi connectivity index (χ4v) is 11.4. The van der Waals surface area contributed by atoms with Crippen LogP contribution in [-0.4, -0.2) is 140 Å². The van der Waals surface area contributed by atoms with Gasteiger partial charge in [0.25, 0.3) is 0 Å². The monoisotopic (exact) mass is 698 g/mol. The predicted molar refractivity (Wildman–Crippen MR) is 167 cm³/mol. The van der Waals surface area contributed by atoms with Gasteiger partial charge in [0.15, 0.2) is 12.6 Å². The van der Waals surface area contributed by atoms with E-state index in [0.717, 1.165) is 56.9 Å². The number of esters is 1. The lowest BCUT2D eigenvalue weighted by Gasteiger charge is -2.64. The lowest BCUT2D eigenvalue weighted by Crippen LogP contribution is -2.65. The Labute approximate surface area is 285 Å². The number of rotatable bonds is 7. The van der Waals surface area contributed by atoms with Gasteiger partial charge in [-0.25, -0.2) is 4.79 Å². The highest BCUT2D eigenvalue weighted by atomic mass is 16.7. The molecular formula is C35H54O14. The molecule has 0 aromatic heterocycles. The SMILES string of the molecule is CC12CCC(OC3OC(CO)C(OC4OC(CO)C(O)C(O)C4O)C(O)C3O)CC1CCC1C2CCC2(C)C(C3=CC(=O)OC3)CCC12O. The summed E-state index contributed by atoms with van der Waals surface area (Å²) in [7, 11) is 0. The molecule has 0 aromatic carbocycles. The largest absolute Gasteiger partial charge is 0.458 e. The second-order valence-electron chi connectivity index (χ2n) is 16.3. The van der Waals surface area contributed by atoms with E-state index in [4.69, 9.17) is 23.7 Å². The van der Waals surface area contributed by atoms with Crippen molar-refractivity contribution in [3.05, 3.63) is 11.6 Å². The molecule has 0 radical (unpaired) electrons. The van der Waals surface area contributed by atoms with Gasteiger partial charge in [-0.15, -0.1) is 0 Å². The zero-order valence-corrected chi connectivity index (χ0v) is 28.3. The molecule has 18 unspecified atom stereocenters. The molecule has 3 aliphatic heterocycles. The number of ether oxygens (including phenoxy) is 5. The number of aliphatic hydroxyl groups excluding tert-OH is 7. The van der Waals surface area contributed by atoms with Gasteiger partial charge in [0, 0.05) is 11.5 Å². The third-order valence-corrected chi connectivity index (χ3v) is 14.2. The minimum absolute atomic E-state index is 0.00679. The zero-order chi connectivity index (χ0) is 35.0. The predicted octanol–water partition coefficient (Wildman–Crippen LogP) is -0.747. The molecule has 0 spiro atoms. The minimum Gasteiger partial charge on any atom is -0.458 e. The van der Waals surface area contributed by atoms with E-state index < -0.39 is 80.2 Å². The first-order valence-electron chi connectivity index (χ1n) is 18.1. The van der Waals surface area contributed by atoms with Crippen LogP contribution in [0.4, 0.5) is 0 Å². The van der Waals surface area contributed by atoms with Crippen molar-refractivity contribution in [2.24, 2.45) is 34.5 Å². The molecule has 14 heteroatoms. The number of cyclic esters (lactones) is 1. The van der Waals surface area contributed by atoms with Crippen molar-refractivity contribution in [1.29, 1.82) is 0 Å². The van der Waals surface area contributed by atoms with Gasteiger partial charge in [-0.1, -0.05) is 13.8 Å². The fourth-order valence-electron chi connectivity index (χ4n) is 11.4. The van der Waals surface area contributed by atoms with E-state index in [-0.39, 0.29) is 34.7 Å². The van der Waals surface area contributed by atoms with Crippen molar-refractivity contribution in [3.63, 3.8) is 0 Å². The summed E-state index contributed by atoms with van der Waals surface area (Å²) in [5, 5.41) is 84.9. The summed E-state index contributed by atoms with van der Waals surface area (Å²) in [5.41, 5.74) is -0.0991. The molecule has 7 rings (SSSR count). The summed E-state index contributed by atoms with van der Waals surface area (Å²) in [5.74, 6) is 0.683. The normalized spacial score (nSPS) is 54.4. The molecule has 3 heterocycles.